The summed E-state index contributed by atoms with van der Waals surface area (Å²) in [5.41, 5.74) is 3.44. The van der Waals surface area contributed by atoms with Crippen LogP contribution < -0.4 is 5.32 Å². The van der Waals surface area contributed by atoms with E-state index in [0.717, 1.165) is 5.69 Å². The molecule has 0 unspecified atom stereocenters. The summed E-state index contributed by atoms with van der Waals surface area (Å²) in [6, 6.07) is 3.21. The molecule has 0 saturated heterocycles. The zero-order chi connectivity index (χ0) is 12.3. The van der Waals surface area contributed by atoms with Gasteiger partial charge < -0.3 is 10.4 Å². The minimum Gasteiger partial charge on any atom is -0.506 e. The molecule has 0 saturated carbocycles. The number of nitrogens with one attached hydrogen (secondary N) is 1. The molecule has 0 amide bonds. The lowest BCUT2D eigenvalue weighted by atomic mass is 10.2. The van der Waals surface area contributed by atoms with E-state index in [2.05, 4.69) is 10.3 Å². The SMILES string of the molecule is Oc1c(Cl)cc(Cl)cc1CNCc1cscn1. The van der Waals surface area contributed by atoms with Crippen LogP contribution in [0.15, 0.2) is 23.0 Å². The molecule has 0 aliphatic rings. The van der Waals surface area contributed by atoms with Gasteiger partial charge in [-0.15, -0.1) is 11.3 Å². The summed E-state index contributed by atoms with van der Waals surface area (Å²) in [6.07, 6.45) is 0. The maximum atomic E-state index is 9.74. The van der Waals surface area contributed by atoms with Gasteiger partial charge in [0.1, 0.15) is 5.75 Å². The normalized spacial score (nSPS) is 10.7. The lowest BCUT2D eigenvalue weighted by Crippen LogP contribution is -2.13. The molecule has 0 bridgehead atoms. The molecular weight excluding hydrogens is 279 g/mol. The summed E-state index contributed by atoms with van der Waals surface area (Å²) in [5.74, 6) is 0.0712. The Hall–Kier alpha value is -0.810. The fraction of sp³-hybridized carbons (Fsp3) is 0.182. The Morgan fingerprint density at radius 2 is 2.12 bits per heavy atom. The van der Waals surface area contributed by atoms with Crippen LogP contribution in [-0.4, -0.2) is 10.1 Å². The zero-order valence-electron chi connectivity index (χ0n) is 8.78. The van der Waals surface area contributed by atoms with Crippen LogP contribution in [0.25, 0.3) is 0 Å². The molecule has 0 aliphatic heterocycles. The molecule has 0 radical (unpaired) electrons. The van der Waals surface area contributed by atoms with Gasteiger partial charge in [0.15, 0.2) is 0 Å². The van der Waals surface area contributed by atoms with Crippen LogP contribution in [0.3, 0.4) is 0 Å². The highest BCUT2D eigenvalue weighted by molar-refractivity contribution is 7.07. The Morgan fingerprint density at radius 3 is 2.82 bits per heavy atom. The van der Waals surface area contributed by atoms with Crippen molar-refractivity contribution in [2.24, 2.45) is 0 Å². The van der Waals surface area contributed by atoms with Crippen LogP contribution in [0.4, 0.5) is 0 Å². The van der Waals surface area contributed by atoms with Gasteiger partial charge in [0.25, 0.3) is 0 Å². The summed E-state index contributed by atoms with van der Waals surface area (Å²) < 4.78 is 0. The zero-order valence-corrected chi connectivity index (χ0v) is 11.1. The summed E-state index contributed by atoms with van der Waals surface area (Å²) in [6.45, 7) is 1.14. The first-order valence-electron chi connectivity index (χ1n) is 4.91. The van der Waals surface area contributed by atoms with Gasteiger partial charge in [0.2, 0.25) is 0 Å². The van der Waals surface area contributed by atoms with E-state index in [1.54, 1.807) is 22.9 Å². The number of rotatable bonds is 4. The van der Waals surface area contributed by atoms with Crippen LogP contribution in [0, 0.1) is 0 Å². The van der Waals surface area contributed by atoms with Crippen LogP contribution >= 0.6 is 34.5 Å². The lowest BCUT2D eigenvalue weighted by molar-refractivity contribution is 0.464. The summed E-state index contributed by atoms with van der Waals surface area (Å²) >= 11 is 13.2. The Bertz CT molecular complexity index is 502. The number of thiazole rings is 1. The number of halogens is 2. The number of benzene rings is 1. The number of hydrogen-bond acceptors (Lipinski definition) is 4. The van der Waals surface area contributed by atoms with Crippen molar-refractivity contribution >= 4 is 34.5 Å². The molecule has 0 fully saturated rings. The van der Waals surface area contributed by atoms with Gasteiger partial charge in [0, 0.05) is 29.1 Å². The van der Waals surface area contributed by atoms with Gasteiger partial charge in [-0.1, -0.05) is 23.2 Å². The molecule has 1 heterocycles. The fourth-order valence-corrected chi connectivity index (χ4v) is 2.50. The van der Waals surface area contributed by atoms with E-state index in [4.69, 9.17) is 23.2 Å². The van der Waals surface area contributed by atoms with Crippen LogP contribution in [0.2, 0.25) is 10.0 Å². The summed E-state index contributed by atoms with van der Waals surface area (Å²) in [7, 11) is 0. The molecular formula is C11H10Cl2N2OS. The quantitative estimate of drug-likeness (QED) is 0.906. The second-order valence-corrected chi connectivity index (χ2v) is 5.04. The van der Waals surface area contributed by atoms with Crippen molar-refractivity contribution in [1.82, 2.24) is 10.3 Å². The van der Waals surface area contributed by atoms with Crippen molar-refractivity contribution in [2.75, 3.05) is 0 Å². The molecule has 0 spiro atoms. The standard InChI is InChI=1S/C11H10Cl2N2OS/c12-8-1-7(11(16)10(13)2-8)3-14-4-9-5-17-6-15-9/h1-2,5-6,14,16H,3-4H2. The molecule has 3 nitrogen and oxygen atoms in total. The van der Waals surface area contributed by atoms with Crippen molar-refractivity contribution in [3.05, 3.63) is 44.3 Å². The second-order valence-electron chi connectivity index (χ2n) is 3.48. The molecule has 1 aromatic heterocycles. The number of aromatic hydroxyl groups is 1. The summed E-state index contributed by atoms with van der Waals surface area (Å²) in [5, 5.41) is 15.7. The molecule has 0 atom stereocenters. The Morgan fingerprint density at radius 1 is 1.29 bits per heavy atom. The van der Waals surface area contributed by atoms with Gasteiger partial charge in [-0.3, -0.25) is 0 Å². The largest absolute Gasteiger partial charge is 0.506 e. The molecule has 6 heteroatoms. The van der Waals surface area contributed by atoms with Gasteiger partial charge >= 0.3 is 0 Å². The smallest absolute Gasteiger partial charge is 0.138 e. The third-order valence-electron chi connectivity index (χ3n) is 2.21. The van der Waals surface area contributed by atoms with Crippen molar-refractivity contribution < 1.29 is 5.11 Å². The molecule has 2 rings (SSSR count). The maximum absolute atomic E-state index is 9.74. The number of hydrogen-bond donors (Lipinski definition) is 2. The molecule has 1 aromatic carbocycles. The Kier molecular flexibility index (Phi) is 4.23. The van der Waals surface area contributed by atoms with E-state index >= 15 is 0 Å². The molecule has 90 valence electrons. The van der Waals surface area contributed by atoms with Gasteiger partial charge in [-0.25, -0.2) is 4.98 Å². The number of phenolic OH excluding ortho intramolecular Hbond substituents is 1. The Labute approximate surface area is 113 Å². The van der Waals surface area contributed by atoms with E-state index in [1.165, 1.54) is 6.07 Å². The first-order chi connectivity index (χ1) is 8.16. The minimum absolute atomic E-state index is 0.0712. The van der Waals surface area contributed by atoms with E-state index in [0.29, 0.717) is 23.7 Å². The van der Waals surface area contributed by atoms with E-state index in [1.807, 2.05) is 5.38 Å². The highest BCUT2D eigenvalue weighted by Crippen LogP contribution is 2.30. The topological polar surface area (TPSA) is 45.1 Å². The predicted molar refractivity (Wildman–Crippen MR) is 70.8 cm³/mol. The average molecular weight is 289 g/mol. The van der Waals surface area contributed by atoms with Crippen LogP contribution in [0.1, 0.15) is 11.3 Å². The van der Waals surface area contributed by atoms with E-state index in [-0.39, 0.29) is 10.8 Å². The third-order valence-corrected chi connectivity index (χ3v) is 3.35. The van der Waals surface area contributed by atoms with Crippen molar-refractivity contribution in [2.45, 2.75) is 13.1 Å². The second kappa shape index (κ2) is 5.69. The van der Waals surface area contributed by atoms with E-state index < -0.39 is 0 Å². The van der Waals surface area contributed by atoms with Gasteiger partial charge in [0.05, 0.1) is 16.2 Å². The number of nitrogens with zero attached hydrogens (tertiary/aromatic N) is 1. The molecule has 2 aromatic rings. The maximum Gasteiger partial charge on any atom is 0.138 e. The van der Waals surface area contributed by atoms with Crippen molar-refractivity contribution in [3.63, 3.8) is 0 Å². The van der Waals surface area contributed by atoms with Crippen LogP contribution in [0.5, 0.6) is 5.75 Å². The van der Waals surface area contributed by atoms with Crippen molar-refractivity contribution in [1.29, 1.82) is 0 Å². The molecule has 0 aliphatic carbocycles. The van der Waals surface area contributed by atoms with Gasteiger partial charge in [-0.2, -0.15) is 0 Å². The predicted octanol–water partition coefficient (Wildman–Crippen LogP) is 3.45. The van der Waals surface area contributed by atoms with E-state index in [9.17, 15) is 5.11 Å². The van der Waals surface area contributed by atoms with Crippen LogP contribution in [-0.2, 0) is 13.1 Å². The monoisotopic (exact) mass is 288 g/mol. The fourth-order valence-electron chi connectivity index (χ4n) is 1.40. The first-order valence-corrected chi connectivity index (χ1v) is 6.61. The lowest BCUT2D eigenvalue weighted by Gasteiger charge is -2.07. The Balaban J connectivity index is 1.99. The number of phenols is 1. The molecule has 2 N–H and O–H groups in total. The highest BCUT2D eigenvalue weighted by Gasteiger charge is 2.07. The highest BCUT2D eigenvalue weighted by atomic mass is 35.5. The molecule has 17 heavy (non-hydrogen) atoms. The summed E-state index contributed by atoms with van der Waals surface area (Å²) in [4.78, 5) is 4.15. The average Bonchev–Trinajstić information content (AvgIpc) is 2.78. The third kappa shape index (κ3) is 3.33. The minimum atomic E-state index is 0.0712. The first kappa shape index (κ1) is 12.6. The van der Waals surface area contributed by atoms with Gasteiger partial charge in [-0.05, 0) is 12.1 Å². The van der Waals surface area contributed by atoms with Crippen molar-refractivity contribution in [3.8, 4) is 5.75 Å². The number of aromatic nitrogens is 1.